The second kappa shape index (κ2) is 10.6. The van der Waals surface area contributed by atoms with Gasteiger partial charge >= 0.3 is 6.09 Å². The number of carbonyl (C=O) groups is 1. The molecule has 1 aromatic heterocycles. The number of sulfonamides is 1. The van der Waals surface area contributed by atoms with Crippen LogP contribution in [-0.4, -0.2) is 46.1 Å². The molecule has 1 heterocycles. The van der Waals surface area contributed by atoms with Crippen LogP contribution in [0.15, 0.2) is 65.1 Å². The zero-order valence-corrected chi connectivity index (χ0v) is 22.1. The van der Waals surface area contributed by atoms with Crippen LogP contribution < -0.4 is 19.1 Å². The number of nitrogens with one attached hydrogen (secondary N) is 1. The monoisotopic (exact) mass is 554 g/mol. The Morgan fingerprint density at radius 1 is 1.15 bits per heavy atom. The lowest BCUT2D eigenvalue weighted by atomic mass is 10.0. The fourth-order valence-corrected chi connectivity index (χ4v) is 5.31. The lowest BCUT2D eigenvalue weighted by molar-refractivity contribution is 0.203. The van der Waals surface area contributed by atoms with Crippen molar-refractivity contribution in [3.05, 3.63) is 72.0 Å². The van der Waals surface area contributed by atoms with E-state index >= 15 is 0 Å². The molecule has 4 aromatic rings. The second-order valence-electron chi connectivity index (χ2n) is 9.20. The number of aliphatic hydroxyl groups is 1. The number of fused-ring (bicyclic) bond motifs is 1. The van der Waals surface area contributed by atoms with E-state index in [1.54, 1.807) is 48.5 Å². The van der Waals surface area contributed by atoms with Crippen molar-refractivity contribution in [1.82, 2.24) is 5.32 Å². The molecule has 0 spiro atoms. The Morgan fingerprint density at radius 3 is 2.49 bits per heavy atom. The third-order valence-electron chi connectivity index (χ3n) is 6.36. The van der Waals surface area contributed by atoms with E-state index in [-0.39, 0.29) is 36.3 Å². The number of carbonyl (C=O) groups excluding carboxylic acids is 1. The third kappa shape index (κ3) is 5.55. The predicted octanol–water partition coefficient (Wildman–Crippen LogP) is 5.39. The summed E-state index contributed by atoms with van der Waals surface area (Å²) in [7, 11) is -2.26. The Hall–Kier alpha value is -4.09. The minimum atomic E-state index is -3.69. The van der Waals surface area contributed by atoms with Crippen molar-refractivity contribution in [2.75, 3.05) is 30.8 Å². The first-order chi connectivity index (χ1) is 18.7. The number of furan rings is 1. The van der Waals surface area contributed by atoms with E-state index in [2.05, 4.69) is 5.32 Å². The van der Waals surface area contributed by atoms with Crippen molar-refractivity contribution >= 4 is 32.8 Å². The van der Waals surface area contributed by atoms with Gasteiger partial charge in [0.1, 0.15) is 11.3 Å². The van der Waals surface area contributed by atoms with Crippen molar-refractivity contribution in [3.63, 3.8) is 0 Å². The van der Waals surface area contributed by atoms with Gasteiger partial charge in [-0.25, -0.2) is 17.6 Å². The molecule has 0 radical (unpaired) electrons. The first kappa shape index (κ1) is 26.5. The van der Waals surface area contributed by atoms with E-state index in [9.17, 15) is 22.7 Å². The van der Waals surface area contributed by atoms with Crippen molar-refractivity contribution in [2.45, 2.75) is 18.8 Å². The van der Waals surface area contributed by atoms with E-state index in [1.807, 2.05) is 0 Å². The molecule has 0 aliphatic heterocycles. The highest BCUT2D eigenvalue weighted by Gasteiger charge is 2.32. The molecule has 0 bridgehead atoms. The molecule has 0 saturated heterocycles. The zero-order valence-electron chi connectivity index (χ0n) is 21.3. The molecule has 5 rings (SSSR count). The van der Waals surface area contributed by atoms with Gasteiger partial charge in [-0.1, -0.05) is 12.1 Å². The van der Waals surface area contributed by atoms with Crippen LogP contribution in [0.2, 0.25) is 0 Å². The summed E-state index contributed by atoms with van der Waals surface area (Å²) in [6.07, 6.45) is 2.15. The van der Waals surface area contributed by atoms with Gasteiger partial charge in [-0.3, -0.25) is 4.31 Å². The van der Waals surface area contributed by atoms with Gasteiger partial charge in [0, 0.05) is 18.7 Å². The molecule has 2 N–H and O–H groups in total. The molecule has 39 heavy (non-hydrogen) atoms. The summed E-state index contributed by atoms with van der Waals surface area (Å²) in [6.45, 7) is -0.465. The Morgan fingerprint density at radius 2 is 1.87 bits per heavy atom. The van der Waals surface area contributed by atoms with Crippen LogP contribution in [0, 0.1) is 5.82 Å². The quantitative estimate of drug-likeness (QED) is 0.285. The zero-order chi connectivity index (χ0) is 27.7. The van der Waals surface area contributed by atoms with Crippen LogP contribution in [0.25, 0.3) is 22.3 Å². The summed E-state index contributed by atoms with van der Waals surface area (Å²) in [5, 5.41) is 12.5. The van der Waals surface area contributed by atoms with Crippen LogP contribution in [-0.2, 0) is 10.0 Å². The van der Waals surface area contributed by atoms with E-state index in [1.165, 1.54) is 19.2 Å². The highest BCUT2D eigenvalue weighted by atomic mass is 32.2. The normalized spacial score (nSPS) is 13.3. The number of halogens is 1. The van der Waals surface area contributed by atoms with Crippen LogP contribution in [0.5, 0.6) is 17.2 Å². The summed E-state index contributed by atoms with van der Waals surface area (Å²) in [4.78, 5) is 12.3. The highest BCUT2D eigenvalue weighted by molar-refractivity contribution is 7.92. The minimum Gasteiger partial charge on any atom is -0.454 e. The van der Waals surface area contributed by atoms with Crippen molar-refractivity contribution in [1.29, 1.82) is 0 Å². The minimum absolute atomic E-state index is 0.0797. The van der Waals surface area contributed by atoms with Gasteiger partial charge in [0.15, 0.2) is 23.1 Å². The Labute approximate surface area is 224 Å². The average Bonchev–Trinajstić information content (AvgIpc) is 3.70. The molecular weight excluding hydrogens is 527 g/mol. The molecule has 9 nitrogen and oxygen atoms in total. The van der Waals surface area contributed by atoms with E-state index in [0.717, 1.165) is 29.0 Å². The maximum absolute atomic E-state index is 14.0. The standard InChI is InChI=1S/C28H27FN2O7S/c1-30-28(33)38-27-21-15-20(17-7-8-17)23(31(13-14-32)39(2,34)35)16-25(21)37-26(27)18-9-11-19(12-10-18)36-24-6-4-3-5-22(24)29/h3-6,9-12,15-17,32H,7-8,13-14H2,1-2H3,(H,30,33). The molecule has 204 valence electrons. The fourth-order valence-electron chi connectivity index (χ4n) is 4.38. The van der Waals surface area contributed by atoms with Gasteiger partial charge in [-0.05, 0) is 66.8 Å². The van der Waals surface area contributed by atoms with E-state index < -0.39 is 21.9 Å². The number of benzene rings is 3. The molecular formula is C28H27FN2O7S. The van der Waals surface area contributed by atoms with Crippen LogP contribution in [0.3, 0.4) is 0 Å². The van der Waals surface area contributed by atoms with Crippen molar-refractivity contribution in [2.24, 2.45) is 0 Å². The average molecular weight is 555 g/mol. The van der Waals surface area contributed by atoms with Crippen molar-refractivity contribution < 1.29 is 36.6 Å². The van der Waals surface area contributed by atoms with Gasteiger partial charge < -0.3 is 24.3 Å². The number of anilines is 1. The maximum Gasteiger partial charge on any atom is 0.412 e. The lowest BCUT2D eigenvalue weighted by Gasteiger charge is -2.24. The highest BCUT2D eigenvalue weighted by Crippen LogP contribution is 2.49. The number of ether oxygens (including phenoxy) is 2. The second-order valence-corrected chi connectivity index (χ2v) is 11.1. The van der Waals surface area contributed by atoms with Gasteiger partial charge in [0.2, 0.25) is 10.0 Å². The van der Waals surface area contributed by atoms with Crippen molar-refractivity contribution in [3.8, 4) is 28.6 Å². The van der Waals surface area contributed by atoms with Gasteiger partial charge in [0.25, 0.3) is 0 Å². The summed E-state index contributed by atoms with van der Waals surface area (Å²) in [6, 6.07) is 16.1. The van der Waals surface area contributed by atoms with Crippen LogP contribution >= 0.6 is 0 Å². The Bertz CT molecular complexity index is 1630. The fraction of sp³-hybridized carbons (Fsp3) is 0.250. The molecule has 1 saturated carbocycles. The maximum atomic E-state index is 14.0. The molecule has 1 fully saturated rings. The molecule has 0 unspecified atom stereocenters. The third-order valence-corrected chi connectivity index (χ3v) is 7.54. The summed E-state index contributed by atoms with van der Waals surface area (Å²) < 4.78 is 57.7. The molecule has 1 aliphatic carbocycles. The van der Waals surface area contributed by atoms with Gasteiger partial charge in [0.05, 0.1) is 30.5 Å². The topological polar surface area (TPSA) is 118 Å². The summed E-state index contributed by atoms with van der Waals surface area (Å²) in [5.74, 6) is 0.530. The molecule has 1 aliphatic rings. The molecule has 1 amide bonds. The lowest BCUT2D eigenvalue weighted by Crippen LogP contribution is -2.33. The van der Waals surface area contributed by atoms with E-state index in [0.29, 0.717) is 28.0 Å². The molecule has 0 atom stereocenters. The van der Waals surface area contributed by atoms with Gasteiger partial charge in [-0.15, -0.1) is 0 Å². The number of hydrogen-bond donors (Lipinski definition) is 2. The first-order valence-electron chi connectivity index (χ1n) is 12.3. The van der Waals surface area contributed by atoms with Crippen LogP contribution in [0.4, 0.5) is 14.9 Å². The number of aliphatic hydroxyl groups excluding tert-OH is 1. The predicted molar refractivity (Wildman–Crippen MR) is 144 cm³/mol. The summed E-state index contributed by atoms with van der Waals surface area (Å²) in [5.41, 5.74) is 2.04. The largest absolute Gasteiger partial charge is 0.454 e. The number of para-hydroxylation sites is 1. The van der Waals surface area contributed by atoms with Crippen LogP contribution in [0.1, 0.15) is 24.3 Å². The molecule has 11 heteroatoms. The number of amides is 1. The Kier molecular flexibility index (Phi) is 7.19. The Balaban J connectivity index is 1.61. The number of hydrogen-bond acceptors (Lipinski definition) is 7. The number of rotatable bonds is 9. The number of nitrogens with zero attached hydrogens (tertiary/aromatic N) is 1. The smallest absolute Gasteiger partial charge is 0.412 e. The van der Waals surface area contributed by atoms with E-state index in [4.69, 9.17) is 13.9 Å². The first-order valence-corrected chi connectivity index (χ1v) is 14.2. The summed E-state index contributed by atoms with van der Waals surface area (Å²) >= 11 is 0. The SMILES string of the molecule is CNC(=O)Oc1c(-c2ccc(Oc3ccccc3F)cc2)oc2cc(N(CCO)S(C)(=O)=O)c(C3CC3)cc12. The van der Waals surface area contributed by atoms with Gasteiger partial charge in [-0.2, -0.15) is 0 Å². The molecule has 3 aromatic carbocycles.